The number of likely N-dealkylation sites (tertiary alicyclic amines) is 1. The van der Waals surface area contributed by atoms with Crippen LogP contribution in [0.25, 0.3) is 10.4 Å². The lowest BCUT2D eigenvalue weighted by molar-refractivity contribution is -0.137. The molecule has 1 saturated carbocycles. The van der Waals surface area contributed by atoms with Crippen molar-refractivity contribution in [2.24, 2.45) is 11.8 Å². The Bertz CT molecular complexity index is 1260. The number of benzene rings is 2. The molecule has 0 unspecified atom stereocenters. The van der Waals surface area contributed by atoms with Crippen LogP contribution in [0, 0.1) is 11.8 Å². The van der Waals surface area contributed by atoms with Crippen molar-refractivity contribution in [2.75, 3.05) is 13.1 Å². The highest BCUT2D eigenvalue weighted by Crippen LogP contribution is 2.50. The van der Waals surface area contributed by atoms with E-state index in [1.165, 1.54) is 11.6 Å². The van der Waals surface area contributed by atoms with Crippen molar-refractivity contribution in [1.29, 1.82) is 0 Å². The van der Waals surface area contributed by atoms with Gasteiger partial charge < -0.3 is 10.2 Å². The summed E-state index contributed by atoms with van der Waals surface area (Å²) in [6.45, 7) is 0.821. The third-order valence-electron chi connectivity index (χ3n) is 6.34. The van der Waals surface area contributed by atoms with E-state index in [2.05, 4.69) is 10.3 Å². The Morgan fingerprint density at radius 1 is 1.18 bits per heavy atom. The minimum Gasteiger partial charge on any atom is -0.350 e. The number of hydrogen-bond donors (Lipinski definition) is 1. The first-order valence-corrected chi connectivity index (χ1v) is 11.9. The lowest BCUT2D eigenvalue weighted by atomic mass is 10.1. The zero-order valence-corrected chi connectivity index (χ0v) is 19.3. The maximum absolute atomic E-state index is 13.4. The van der Waals surface area contributed by atoms with Gasteiger partial charge in [-0.2, -0.15) is 13.2 Å². The average Bonchev–Trinajstić information content (AvgIpc) is 3.24. The molecule has 2 aliphatic rings. The lowest BCUT2D eigenvalue weighted by Gasteiger charge is -2.27. The Kier molecular flexibility index (Phi) is 5.85. The molecule has 1 aliphatic carbocycles. The number of carbonyl (C=O) groups excluding carboxylic acids is 2. The summed E-state index contributed by atoms with van der Waals surface area (Å²) in [5.41, 5.74) is 1.56. The summed E-state index contributed by atoms with van der Waals surface area (Å²) in [6, 6.07) is 11.3. The fraction of sp³-hybridized carbons (Fsp3) is 0.292. The number of piperidine rings is 1. The number of rotatable bonds is 5. The highest BCUT2D eigenvalue weighted by molar-refractivity contribution is 7.13. The first kappa shape index (κ1) is 22.9. The highest BCUT2D eigenvalue weighted by Gasteiger charge is 2.54. The van der Waals surface area contributed by atoms with Gasteiger partial charge in [-0.1, -0.05) is 29.8 Å². The molecule has 1 saturated heterocycles. The molecule has 2 aromatic carbocycles. The van der Waals surface area contributed by atoms with E-state index in [1.54, 1.807) is 35.2 Å². The van der Waals surface area contributed by atoms with Crippen LogP contribution in [-0.2, 0) is 6.18 Å². The third kappa shape index (κ3) is 4.42. The van der Waals surface area contributed by atoms with Gasteiger partial charge in [-0.25, -0.2) is 4.98 Å². The van der Waals surface area contributed by atoms with E-state index in [9.17, 15) is 22.8 Å². The van der Waals surface area contributed by atoms with Gasteiger partial charge in [0.05, 0.1) is 22.0 Å². The molecule has 1 aliphatic heterocycles. The maximum Gasteiger partial charge on any atom is 0.416 e. The molecule has 5 nitrogen and oxygen atoms in total. The molecule has 1 aromatic heterocycles. The smallest absolute Gasteiger partial charge is 0.350 e. The molecular weight excluding hydrogens is 487 g/mol. The van der Waals surface area contributed by atoms with Gasteiger partial charge >= 0.3 is 6.18 Å². The van der Waals surface area contributed by atoms with Gasteiger partial charge in [0.1, 0.15) is 5.69 Å². The van der Waals surface area contributed by atoms with Crippen LogP contribution in [0.4, 0.5) is 13.2 Å². The number of amides is 2. The number of carbonyl (C=O) groups is 2. The summed E-state index contributed by atoms with van der Waals surface area (Å²) in [6.07, 6.45) is -3.49. The van der Waals surface area contributed by atoms with Gasteiger partial charge in [0.15, 0.2) is 0 Å². The zero-order valence-electron chi connectivity index (χ0n) is 17.7. The van der Waals surface area contributed by atoms with Crippen LogP contribution in [0.15, 0.2) is 54.0 Å². The predicted octanol–water partition coefficient (Wildman–Crippen LogP) is 5.37. The molecule has 2 fully saturated rings. The Labute approximate surface area is 202 Å². The number of thiazole rings is 1. The minimum absolute atomic E-state index is 0.136. The Morgan fingerprint density at radius 2 is 1.97 bits per heavy atom. The fourth-order valence-electron chi connectivity index (χ4n) is 4.57. The maximum atomic E-state index is 13.4. The molecular formula is C24H19ClF3N3O2S. The van der Waals surface area contributed by atoms with E-state index < -0.39 is 11.7 Å². The second kappa shape index (κ2) is 8.70. The fourth-order valence-corrected chi connectivity index (χ4v) is 5.54. The van der Waals surface area contributed by atoms with Gasteiger partial charge in [-0.05, 0) is 54.2 Å². The summed E-state index contributed by atoms with van der Waals surface area (Å²) in [7, 11) is 0. The molecule has 3 atom stereocenters. The first-order chi connectivity index (χ1) is 16.2. The third-order valence-corrected chi connectivity index (χ3v) is 7.46. The molecule has 0 bridgehead atoms. The molecule has 0 radical (unpaired) electrons. The predicted molar refractivity (Wildman–Crippen MR) is 123 cm³/mol. The van der Waals surface area contributed by atoms with Crippen molar-refractivity contribution in [3.05, 3.63) is 75.9 Å². The standard InChI is InChI=1S/C24H19ClF3N3O2S/c25-17-6-2-4-14(8-17)22(32)29-10-19-18-9-15(18)11-31(19)23(33)20-21(34-12-30-20)13-3-1-5-16(7-13)24(26,27)28/h1-8,12,15,18-19H,9-11H2,(H,29,32)/t15-,18-,19+/m0/s1. The van der Waals surface area contributed by atoms with Crippen LogP contribution in [0.2, 0.25) is 5.02 Å². The Morgan fingerprint density at radius 3 is 2.74 bits per heavy atom. The molecule has 3 aromatic rings. The monoisotopic (exact) mass is 505 g/mol. The second-order valence-corrected chi connectivity index (χ2v) is 9.80. The van der Waals surface area contributed by atoms with Crippen LogP contribution >= 0.6 is 22.9 Å². The van der Waals surface area contributed by atoms with Crippen LogP contribution in [0.5, 0.6) is 0 Å². The van der Waals surface area contributed by atoms with Gasteiger partial charge in [-0.3, -0.25) is 9.59 Å². The molecule has 0 spiro atoms. The topological polar surface area (TPSA) is 62.3 Å². The van der Waals surface area contributed by atoms with Gasteiger partial charge in [0.2, 0.25) is 0 Å². The number of nitrogens with zero attached hydrogens (tertiary/aromatic N) is 2. The first-order valence-electron chi connectivity index (χ1n) is 10.7. The Balaban J connectivity index is 1.34. The molecule has 5 rings (SSSR count). The molecule has 1 N–H and O–H groups in total. The summed E-state index contributed by atoms with van der Waals surface area (Å²) in [4.78, 5) is 32.3. The lowest BCUT2D eigenvalue weighted by Crippen LogP contribution is -2.45. The molecule has 176 valence electrons. The number of halogens is 4. The number of aromatic nitrogens is 1. The number of nitrogens with one attached hydrogen (secondary N) is 1. The number of hydrogen-bond acceptors (Lipinski definition) is 4. The van der Waals surface area contributed by atoms with Crippen LogP contribution < -0.4 is 5.32 Å². The van der Waals surface area contributed by atoms with Crippen molar-refractivity contribution >= 4 is 34.8 Å². The summed E-state index contributed by atoms with van der Waals surface area (Å²) in [5.74, 6) is 0.0482. The second-order valence-electron chi connectivity index (χ2n) is 8.51. The number of alkyl halides is 3. The summed E-state index contributed by atoms with van der Waals surface area (Å²) in [5, 5.41) is 3.35. The van der Waals surface area contributed by atoms with Gasteiger partial charge in [-0.15, -0.1) is 11.3 Å². The van der Waals surface area contributed by atoms with Crippen LogP contribution in [0.3, 0.4) is 0 Å². The van der Waals surface area contributed by atoms with Crippen molar-refractivity contribution < 1.29 is 22.8 Å². The van der Waals surface area contributed by atoms with E-state index in [4.69, 9.17) is 11.6 Å². The average molecular weight is 506 g/mol. The normalized spacial score (nSPS) is 21.3. The Hall–Kier alpha value is -2.91. The van der Waals surface area contributed by atoms with Crippen molar-refractivity contribution in [1.82, 2.24) is 15.2 Å². The quantitative estimate of drug-likeness (QED) is 0.507. The van der Waals surface area contributed by atoms with Crippen molar-refractivity contribution in [3.63, 3.8) is 0 Å². The number of fused-ring (bicyclic) bond motifs is 1. The summed E-state index contributed by atoms with van der Waals surface area (Å²) < 4.78 is 39.5. The van der Waals surface area contributed by atoms with E-state index in [0.717, 1.165) is 29.9 Å². The van der Waals surface area contributed by atoms with Crippen molar-refractivity contribution in [3.8, 4) is 10.4 Å². The SMILES string of the molecule is O=C(NC[C@@H]1[C@H]2C[C@H]2CN1C(=O)c1ncsc1-c1cccc(C(F)(F)F)c1)c1cccc(Cl)c1. The minimum atomic E-state index is -4.48. The van der Waals surface area contributed by atoms with Gasteiger partial charge in [0, 0.05) is 23.7 Å². The molecule has 34 heavy (non-hydrogen) atoms. The van der Waals surface area contributed by atoms with Crippen molar-refractivity contribution in [2.45, 2.75) is 18.6 Å². The molecule has 2 amide bonds. The molecule has 2 heterocycles. The zero-order chi connectivity index (χ0) is 24.0. The van der Waals surface area contributed by atoms with Crippen LogP contribution in [0.1, 0.15) is 32.8 Å². The highest BCUT2D eigenvalue weighted by atomic mass is 35.5. The van der Waals surface area contributed by atoms with Gasteiger partial charge in [0.25, 0.3) is 11.8 Å². The summed E-state index contributed by atoms with van der Waals surface area (Å²) >= 11 is 7.10. The van der Waals surface area contributed by atoms with Crippen LogP contribution in [-0.4, -0.2) is 40.8 Å². The van der Waals surface area contributed by atoms with E-state index in [0.29, 0.717) is 39.4 Å². The van der Waals surface area contributed by atoms with E-state index >= 15 is 0 Å². The van der Waals surface area contributed by atoms with E-state index in [-0.39, 0.29) is 30.1 Å². The molecule has 10 heteroatoms. The van der Waals surface area contributed by atoms with E-state index in [1.807, 2.05) is 0 Å². The largest absolute Gasteiger partial charge is 0.416 e.